The zero-order valence-electron chi connectivity index (χ0n) is 9.87. The van der Waals surface area contributed by atoms with Crippen molar-refractivity contribution in [3.63, 3.8) is 0 Å². The highest BCUT2D eigenvalue weighted by atomic mass is 15.6. The molecule has 0 radical (unpaired) electrons. The maximum absolute atomic E-state index is 4.32. The monoisotopic (exact) mass is 232 g/mol. The molecule has 6 heteroatoms. The van der Waals surface area contributed by atoms with E-state index in [-0.39, 0.29) is 0 Å². The minimum Gasteiger partial charge on any atom is -0.366 e. The van der Waals surface area contributed by atoms with Gasteiger partial charge in [0.25, 0.3) is 0 Å². The highest BCUT2D eigenvalue weighted by molar-refractivity contribution is 5.42. The average molecular weight is 232 g/mol. The van der Waals surface area contributed by atoms with Crippen LogP contribution in [-0.2, 0) is 0 Å². The fourth-order valence-electron chi connectivity index (χ4n) is 2.34. The van der Waals surface area contributed by atoms with Gasteiger partial charge >= 0.3 is 0 Å². The molecule has 2 heterocycles. The fraction of sp³-hybridized carbons (Fsp3) is 0.636. The van der Waals surface area contributed by atoms with Crippen LogP contribution >= 0.6 is 0 Å². The Morgan fingerprint density at radius 1 is 1.24 bits per heavy atom. The Balaban J connectivity index is 1.71. The number of nitrogens with one attached hydrogen (secondary N) is 1. The Kier molecular flexibility index (Phi) is 2.62. The third-order valence-corrected chi connectivity index (χ3v) is 3.44. The molecule has 0 bridgehead atoms. The zero-order valence-corrected chi connectivity index (χ0v) is 9.87. The largest absolute Gasteiger partial charge is 0.366 e. The van der Waals surface area contributed by atoms with Gasteiger partial charge in [0.2, 0.25) is 0 Å². The Bertz CT molecular complexity index is 499. The van der Waals surface area contributed by atoms with Crippen LogP contribution in [0.4, 0.5) is 5.82 Å². The summed E-state index contributed by atoms with van der Waals surface area (Å²) in [4.78, 5) is 0. The van der Waals surface area contributed by atoms with Crippen LogP contribution in [0.25, 0.3) is 5.65 Å². The summed E-state index contributed by atoms with van der Waals surface area (Å²) >= 11 is 0. The summed E-state index contributed by atoms with van der Waals surface area (Å²) in [5, 5.41) is 19.0. The van der Waals surface area contributed by atoms with E-state index in [4.69, 9.17) is 0 Å². The first-order chi connectivity index (χ1) is 8.31. The van der Waals surface area contributed by atoms with Crippen molar-refractivity contribution < 1.29 is 0 Å². The lowest BCUT2D eigenvalue weighted by molar-refractivity contribution is 0.360. The third kappa shape index (κ3) is 2.20. The molecule has 1 N–H and O–H groups in total. The van der Waals surface area contributed by atoms with Crippen molar-refractivity contribution in [1.82, 2.24) is 25.3 Å². The predicted molar refractivity (Wildman–Crippen MR) is 63.6 cm³/mol. The Morgan fingerprint density at radius 2 is 2.06 bits per heavy atom. The third-order valence-electron chi connectivity index (χ3n) is 3.44. The number of rotatable bonds is 2. The summed E-state index contributed by atoms with van der Waals surface area (Å²) in [5.74, 6) is 1.72. The van der Waals surface area contributed by atoms with Gasteiger partial charge in [0.05, 0.1) is 0 Å². The molecule has 0 aliphatic heterocycles. The van der Waals surface area contributed by atoms with Gasteiger partial charge in [-0.1, -0.05) is 6.92 Å². The smallest absolute Gasteiger partial charge is 0.200 e. The highest BCUT2D eigenvalue weighted by Gasteiger charge is 2.18. The predicted octanol–water partition coefficient (Wildman–Crippen LogP) is 1.51. The molecule has 1 saturated carbocycles. The molecule has 3 rings (SSSR count). The minimum atomic E-state index is 0.535. The first kappa shape index (κ1) is 10.4. The van der Waals surface area contributed by atoms with Crippen LogP contribution in [0.15, 0.2) is 12.1 Å². The van der Waals surface area contributed by atoms with Gasteiger partial charge in [-0.2, -0.15) is 0 Å². The summed E-state index contributed by atoms with van der Waals surface area (Å²) in [6, 6.07) is 4.34. The molecule has 17 heavy (non-hydrogen) atoms. The molecule has 0 amide bonds. The maximum Gasteiger partial charge on any atom is 0.200 e. The molecular weight excluding hydrogens is 216 g/mol. The second-order valence-corrected chi connectivity index (χ2v) is 4.85. The molecule has 0 spiro atoms. The number of hydrogen-bond acceptors (Lipinski definition) is 5. The van der Waals surface area contributed by atoms with E-state index in [2.05, 4.69) is 32.9 Å². The lowest BCUT2D eigenvalue weighted by Crippen LogP contribution is -2.25. The van der Waals surface area contributed by atoms with E-state index < -0.39 is 0 Å². The van der Waals surface area contributed by atoms with E-state index in [1.54, 1.807) is 0 Å². The van der Waals surface area contributed by atoms with Crippen LogP contribution < -0.4 is 5.32 Å². The topological polar surface area (TPSA) is 68.0 Å². The molecule has 2 aromatic heterocycles. The van der Waals surface area contributed by atoms with E-state index in [1.165, 1.54) is 30.3 Å². The van der Waals surface area contributed by atoms with Crippen LogP contribution in [0, 0.1) is 5.92 Å². The summed E-state index contributed by atoms with van der Waals surface area (Å²) in [5.41, 5.74) is 0.674. The van der Waals surface area contributed by atoms with Crippen LogP contribution in [-0.4, -0.2) is 31.3 Å². The number of hydrogen-bond donors (Lipinski definition) is 1. The van der Waals surface area contributed by atoms with E-state index in [1.807, 2.05) is 12.1 Å². The molecule has 1 fully saturated rings. The SMILES string of the molecule is CC1CCC(Nc2ccc3nnnn3n2)CC1. The molecule has 1 aliphatic carbocycles. The summed E-state index contributed by atoms with van der Waals surface area (Å²) in [6.45, 7) is 2.32. The average Bonchev–Trinajstić information content (AvgIpc) is 2.79. The highest BCUT2D eigenvalue weighted by Crippen LogP contribution is 2.25. The molecular formula is C11H16N6. The summed E-state index contributed by atoms with van der Waals surface area (Å²) in [7, 11) is 0. The number of fused-ring (bicyclic) bond motifs is 1. The molecule has 1 aliphatic rings. The van der Waals surface area contributed by atoms with Crippen molar-refractivity contribution in [2.24, 2.45) is 5.92 Å². The van der Waals surface area contributed by atoms with E-state index in [0.717, 1.165) is 11.7 Å². The second-order valence-electron chi connectivity index (χ2n) is 4.85. The standard InChI is InChI=1S/C11H16N6/c1-8-2-4-9(5-3-8)12-10-6-7-11-13-15-16-17(11)14-10/h6-9H,2-5H2,1H3,(H,12,14). The first-order valence-corrected chi connectivity index (χ1v) is 6.13. The summed E-state index contributed by atoms with van der Waals surface area (Å²) in [6.07, 6.45) is 5.03. The number of anilines is 1. The maximum atomic E-state index is 4.32. The second kappa shape index (κ2) is 4.27. The molecule has 2 aromatic rings. The van der Waals surface area contributed by atoms with Gasteiger partial charge in [0.1, 0.15) is 5.82 Å². The lowest BCUT2D eigenvalue weighted by Gasteiger charge is -2.27. The van der Waals surface area contributed by atoms with Crippen molar-refractivity contribution in [3.8, 4) is 0 Å². The van der Waals surface area contributed by atoms with Gasteiger partial charge < -0.3 is 5.32 Å². The quantitative estimate of drug-likeness (QED) is 0.850. The van der Waals surface area contributed by atoms with Crippen molar-refractivity contribution in [2.45, 2.75) is 38.6 Å². The van der Waals surface area contributed by atoms with E-state index in [0.29, 0.717) is 11.7 Å². The normalized spacial score (nSPS) is 25.0. The molecule has 6 nitrogen and oxygen atoms in total. The van der Waals surface area contributed by atoms with Crippen molar-refractivity contribution in [3.05, 3.63) is 12.1 Å². The van der Waals surface area contributed by atoms with E-state index >= 15 is 0 Å². The van der Waals surface area contributed by atoms with Crippen molar-refractivity contribution in [2.75, 3.05) is 5.32 Å². The first-order valence-electron chi connectivity index (χ1n) is 6.13. The lowest BCUT2D eigenvalue weighted by atomic mass is 9.87. The van der Waals surface area contributed by atoms with Crippen LogP contribution in [0.3, 0.4) is 0 Å². The number of tetrazole rings is 1. The Labute approximate surface area is 99.4 Å². The van der Waals surface area contributed by atoms with Crippen molar-refractivity contribution >= 4 is 11.5 Å². The summed E-state index contributed by atoms with van der Waals surface area (Å²) < 4.78 is 1.45. The molecule has 0 aromatic carbocycles. The fourth-order valence-corrected chi connectivity index (χ4v) is 2.34. The van der Waals surface area contributed by atoms with Crippen LogP contribution in [0.1, 0.15) is 32.6 Å². The van der Waals surface area contributed by atoms with Gasteiger partial charge in [0, 0.05) is 6.04 Å². The van der Waals surface area contributed by atoms with Gasteiger partial charge in [-0.25, -0.2) is 0 Å². The van der Waals surface area contributed by atoms with Gasteiger partial charge in [-0.05, 0) is 54.2 Å². The zero-order chi connectivity index (χ0) is 11.7. The number of nitrogens with zero attached hydrogens (tertiary/aromatic N) is 5. The van der Waals surface area contributed by atoms with Crippen molar-refractivity contribution in [1.29, 1.82) is 0 Å². The molecule has 0 unspecified atom stereocenters. The van der Waals surface area contributed by atoms with Gasteiger partial charge in [-0.15, -0.1) is 14.8 Å². The Hall–Kier alpha value is -1.72. The van der Waals surface area contributed by atoms with Gasteiger partial charge in [-0.3, -0.25) is 0 Å². The molecule has 0 saturated heterocycles. The Morgan fingerprint density at radius 3 is 2.88 bits per heavy atom. The van der Waals surface area contributed by atoms with E-state index in [9.17, 15) is 0 Å². The van der Waals surface area contributed by atoms with Crippen LogP contribution in [0.2, 0.25) is 0 Å². The minimum absolute atomic E-state index is 0.535. The molecule has 0 atom stereocenters. The van der Waals surface area contributed by atoms with Gasteiger partial charge in [0.15, 0.2) is 5.65 Å². The van der Waals surface area contributed by atoms with Crippen LogP contribution in [0.5, 0.6) is 0 Å². The number of aromatic nitrogens is 5. The molecule has 90 valence electrons.